The number of rotatable bonds is 9. The largest absolute Gasteiger partial charge is 0.497 e. The second-order valence-corrected chi connectivity index (χ2v) is 8.07. The Kier molecular flexibility index (Phi) is 7.22. The van der Waals surface area contributed by atoms with E-state index in [0.29, 0.717) is 42.5 Å². The lowest BCUT2D eigenvalue weighted by molar-refractivity contribution is -0.116. The topological polar surface area (TPSA) is 82.3 Å². The molecule has 1 N–H and O–H groups in total. The fraction of sp³-hybridized carbons (Fsp3) is 0.222. The number of hydrogen-bond donors (Lipinski definition) is 1. The molecule has 0 aliphatic heterocycles. The van der Waals surface area contributed by atoms with Crippen molar-refractivity contribution >= 4 is 22.5 Å². The molecule has 0 atom stereocenters. The second-order valence-electron chi connectivity index (χ2n) is 8.07. The number of benzene rings is 3. The van der Waals surface area contributed by atoms with E-state index in [-0.39, 0.29) is 23.7 Å². The number of fused-ring (bicyclic) bond motifs is 1. The van der Waals surface area contributed by atoms with Crippen molar-refractivity contribution in [2.24, 2.45) is 0 Å². The van der Waals surface area contributed by atoms with Crippen LogP contribution in [0.25, 0.3) is 10.9 Å². The Morgan fingerprint density at radius 3 is 2.44 bits per heavy atom. The molecular weight excluding hydrogens is 430 g/mol. The van der Waals surface area contributed by atoms with Crippen molar-refractivity contribution in [3.05, 3.63) is 105 Å². The van der Waals surface area contributed by atoms with Crippen LogP contribution < -0.4 is 21.3 Å². The molecule has 0 radical (unpaired) electrons. The van der Waals surface area contributed by atoms with Gasteiger partial charge in [-0.3, -0.25) is 18.7 Å². The number of hydrogen-bond acceptors (Lipinski definition) is 4. The van der Waals surface area contributed by atoms with E-state index in [0.717, 1.165) is 11.3 Å². The predicted molar refractivity (Wildman–Crippen MR) is 133 cm³/mol. The van der Waals surface area contributed by atoms with Gasteiger partial charge in [0.15, 0.2) is 0 Å². The Bertz CT molecular complexity index is 1410. The summed E-state index contributed by atoms with van der Waals surface area (Å²) in [5.74, 6) is 0.615. The smallest absolute Gasteiger partial charge is 0.331 e. The zero-order chi connectivity index (χ0) is 23.9. The summed E-state index contributed by atoms with van der Waals surface area (Å²) in [6.07, 6.45) is 1.41. The lowest BCUT2D eigenvalue weighted by atomic mass is 10.2. The van der Waals surface area contributed by atoms with Crippen molar-refractivity contribution in [1.29, 1.82) is 0 Å². The van der Waals surface area contributed by atoms with Crippen LogP contribution in [0.15, 0.2) is 88.5 Å². The summed E-state index contributed by atoms with van der Waals surface area (Å²) in [6, 6.07) is 23.9. The number of ether oxygens (including phenoxy) is 1. The van der Waals surface area contributed by atoms with E-state index in [1.165, 1.54) is 4.57 Å². The van der Waals surface area contributed by atoms with E-state index in [1.54, 1.807) is 29.9 Å². The first kappa shape index (κ1) is 23.0. The third kappa shape index (κ3) is 5.26. The maximum absolute atomic E-state index is 13.3. The van der Waals surface area contributed by atoms with Crippen molar-refractivity contribution in [3.63, 3.8) is 0 Å². The third-order valence-corrected chi connectivity index (χ3v) is 5.70. The zero-order valence-electron chi connectivity index (χ0n) is 19.1. The number of carbonyl (C=O) groups excluding carboxylic acids is 1. The first-order valence-corrected chi connectivity index (χ1v) is 11.3. The first-order chi connectivity index (χ1) is 16.6. The maximum Gasteiger partial charge on any atom is 0.331 e. The molecule has 0 spiro atoms. The molecule has 4 aromatic rings. The Balaban J connectivity index is 1.52. The molecule has 1 amide bonds. The fourth-order valence-electron chi connectivity index (χ4n) is 3.97. The number of para-hydroxylation sites is 2. The van der Waals surface area contributed by atoms with E-state index in [1.807, 2.05) is 60.7 Å². The molecule has 0 saturated heterocycles. The van der Waals surface area contributed by atoms with E-state index in [2.05, 4.69) is 5.32 Å². The van der Waals surface area contributed by atoms with Crippen LogP contribution in [-0.4, -0.2) is 22.2 Å². The van der Waals surface area contributed by atoms with Gasteiger partial charge in [0.25, 0.3) is 5.56 Å². The predicted octanol–water partition coefficient (Wildman–Crippen LogP) is 4.03. The summed E-state index contributed by atoms with van der Waals surface area (Å²) in [5.41, 5.74) is 1.57. The van der Waals surface area contributed by atoms with Gasteiger partial charge in [-0.15, -0.1) is 0 Å². The molecule has 7 heteroatoms. The summed E-state index contributed by atoms with van der Waals surface area (Å²) in [7, 11) is 1.60. The van der Waals surface area contributed by atoms with Crippen molar-refractivity contribution < 1.29 is 9.53 Å². The molecule has 1 heterocycles. The lowest BCUT2D eigenvalue weighted by Crippen LogP contribution is -2.40. The van der Waals surface area contributed by atoms with E-state index >= 15 is 0 Å². The molecule has 4 rings (SSSR count). The van der Waals surface area contributed by atoms with Gasteiger partial charge in [0.2, 0.25) is 5.91 Å². The molecule has 7 nitrogen and oxygen atoms in total. The minimum absolute atomic E-state index is 0.0903. The highest BCUT2D eigenvalue weighted by Crippen LogP contribution is 2.15. The highest BCUT2D eigenvalue weighted by atomic mass is 16.5. The number of nitrogens with zero attached hydrogens (tertiary/aromatic N) is 2. The van der Waals surface area contributed by atoms with E-state index in [4.69, 9.17) is 4.74 Å². The van der Waals surface area contributed by atoms with Gasteiger partial charge in [0, 0.05) is 18.7 Å². The summed E-state index contributed by atoms with van der Waals surface area (Å²) in [4.78, 5) is 38.6. The van der Waals surface area contributed by atoms with Crippen LogP contribution >= 0.6 is 0 Å². The number of carbonyl (C=O) groups is 1. The van der Waals surface area contributed by atoms with Crippen LogP contribution in [0.3, 0.4) is 0 Å². The average Bonchev–Trinajstić information content (AvgIpc) is 2.87. The van der Waals surface area contributed by atoms with Crippen molar-refractivity contribution in [2.75, 3.05) is 12.4 Å². The van der Waals surface area contributed by atoms with Gasteiger partial charge in [-0.2, -0.15) is 0 Å². The second kappa shape index (κ2) is 10.7. The summed E-state index contributed by atoms with van der Waals surface area (Å²) < 4.78 is 8.19. The average molecular weight is 458 g/mol. The van der Waals surface area contributed by atoms with Crippen LogP contribution in [0.4, 0.5) is 5.69 Å². The Hall–Kier alpha value is -4.13. The molecule has 174 valence electrons. The zero-order valence-corrected chi connectivity index (χ0v) is 19.1. The Morgan fingerprint density at radius 1 is 0.882 bits per heavy atom. The van der Waals surface area contributed by atoms with Crippen molar-refractivity contribution in [2.45, 2.75) is 32.4 Å². The van der Waals surface area contributed by atoms with Crippen molar-refractivity contribution in [3.8, 4) is 5.75 Å². The van der Waals surface area contributed by atoms with Crippen LogP contribution in [0, 0.1) is 0 Å². The van der Waals surface area contributed by atoms with Crippen molar-refractivity contribution in [1.82, 2.24) is 9.13 Å². The molecule has 0 aliphatic rings. The molecular formula is C27H27N3O4. The molecule has 1 aromatic heterocycles. The molecule has 0 aliphatic carbocycles. The highest BCUT2D eigenvalue weighted by Gasteiger charge is 2.13. The quantitative estimate of drug-likeness (QED) is 0.385. The number of nitrogens with one attached hydrogen (secondary N) is 1. The van der Waals surface area contributed by atoms with Gasteiger partial charge in [0.1, 0.15) is 5.75 Å². The SMILES string of the molecule is COc1cccc(Cn2c(=O)n(CCCCC(=O)Nc3ccccc3)c(=O)c3ccccc32)c1. The third-order valence-electron chi connectivity index (χ3n) is 5.70. The Morgan fingerprint density at radius 2 is 1.65 bits per heavy atom. The van der Waals surface area contributed by atoms with Gasteiger partial charge in [-0.25, -0.2) is 4.79 Å². The number of unbranched alkanes of at least 4 members (excludes halogenated alkanes) is 1. The number of aromatic nitrogens is 2. The van der Waals surface area contributed by atoms with Gasteiger partial charge in [-0.05, 0) is 54.8 Å². The van der Waals surface area contributed by atoms with Crippen LogP contribution in [-0.2, 0) is 17.9 Å². The van der Waals surface area contributed by atoms with Crippen LogP contribution in [0.2, 0.25) is 0 Å². The molecule has 0 fully saturated rings. The standard InChI is InChI=1S/C27H27N3O4/c1-34-22-13-9-10-20(18-22)19-30-24-15-6-5-14-23(24)26(32)29(27(30)33)17-8-7-16-25(31)28-21-11-3-2-4-12-21/h2-6,9-15,18H,7-8,16-17,19H2,1H3,(H,28,31). The molecule has 3 aromatic carbocycles. The van der Waals surface area contributed by atoms with E-state index in [9.17, 15) is 14.4 Å². The van der Waals surface area contributed by atoms with Gasteiger partial charge in [0.05, 0.1) is 24.6 Å². The fourth-order valence-corrected chi connectivity index (χ4v) is 3.97. The lowest BCUT2D eigenvalue weighted by Gasteiger charge is -2.14. The monoisotopic (exact) mass is 457 g/mol. The first-order valence-electron chi connectivity index (χ1n) is 11.3. The molecule has 0 bridgehead atoms. The molecule has 0 unspecified atom stereocenters. The molecule has 0 saturated carbocycles. The highest BCUT2D eigenvalue weighted by molar-refractivity contribution is 5.90. The summed E-state index contributed by atoms with van der Waals surface area (Å²) in [6.45, 7) is 0.565. The summed E-state index contributed by atoms with van der Waals surface area (Å²) in [5, 5.41) is 3.34. The van der Waals surface area contributed by atoms with Crippen LogP contribution in [0.1, 0.15) is 24.8 Å². The number of methoxy groups -OCH3 is 1. The van der Waals surface area contributed by atoms with Gasteiger partial charge in [-0.1, -0.05) is 42.5 Å². The van der Waals surface area contributed by atoms with Crippen LogP contribution in [0.5, 0.6) is 5.75 Å². The Labute approximate surface area is 197 Å². The normalized spacial score (nSPS) is 10.9. The minimum atomic E-state index is -0.361. The van der Waals surface area contributed by atoms with E-state index < -0.39 is 0 Å². The number of anilines is 1. The number of amides is 1. The summed E-state index contributed by atoms with van der Waals surface area (Å²) >= 11 is 0. The van der Waals surface area contributed by atoms with Gasteiger partial charge < -0.3 is 10.1 Å². The maximum atomic E-state index is 13.3. The minimum Gasteiger partial charge on any atom is -0.497 e. The van der Waals surface area contributed by atoms with Gasteiger partial charge >= 0.3 is 5.69 Å². The molecule has 34 heavy (non-hydrogen) atoms.